The van der Waals surface area contributed by atoms with Crippen LogP contribution >= 0.6 is 0 Å². The van der Waals surface area contributed by atoms with Gasteiger partial charge in [0, 0.05) is 32.2 Å². The summed E-state index contributed by atoms with van der Waals surface area (Å²) in [5, 5.41) is 3.22. The highest BCUT2D eigenvalue weighted by Crippen LogP contribution is 2.21. The highest BCUT2D eigenvalue weighted by molar-refractivity contribution is 5.99. The topological polar surface area (TPSA) is 27.6 Å². The number of anilines is 1. The molecule has 0 saturated carbocycles. The summed E-state index contributed by atoms with van der Waals surface area (Å²) in [6.45, 7) is 2.38. The predicted molar refractivity (Wildman–Crippen MR) is 89.0 cm³/mol. The Bertz CT molecular complexity index is 667. The third-order valence-electron chi connectivity index (χ3n) is 3.79. The molecular weight excluding hydrogens is 277 g/mol. The number of benzene rings is 2. The normalized spacial score (nSPS) is 14.2. The van der Waals surface area contributed by atoms with E-state index in [2.05, 4.69) is 10.3 Å². The molecule has 0 atom stereocenters. The molecule has 2 aromatic carbocycles. The molecule has 1 heterocycles. The average Bonchev–Trinajstić information content (AvgIpc) is 2.56. The molecule has 1 aliphatic heterocycles. The van der Waals surface area contributed by atoms with E-state index in [0.29, 0.717) is 12.2 Å². The van der Waals surface area contributed by atoms with Crippen molar-refractivity contribution in [1.29, 1.82) is 0 Å². The summed E-state index contributed by atoms with van der Waals surface area (Å²) in [5.41, 5.74) is 2.57. The fourth-order valence-electron chi connectivity index (χ4n) is 2.63. The van der Waals surface area contributed by atoms with Crippen molar-refractivity contribution >= 4 is 11.5 Å². The highest BCUT2D eigenvalue weighted by atomic mass is 19.1. The summed E-state index contributed by atoms with van der Waals surface area (Å²) >= 11 is 0. The second-order valence-corrected chi connectivity index (χ2v) is 5.52. The first-order chi connectivity index (χ1) is 10.7. The number of aliphatic imine (C=N–C) groups is 1. The smallest absolute Gasteiger partial charge is 0.147 e. The number of rotatable bonds is 4. The van der Waals surface area contributed by atoms with Gasteiger partial charge in [0.05, 0.1) is 5.69 Å². The molecular formula is C18H20FN3. The number of amidine groups is 1. The molecule has 22 heavy (non-hydrogen) atoms. The molecule has 0 unspecified atom stereocenters. The summed E-state index contributed by atoms with van der Waals surface area (Å²) < 4.78 is 14.4. The Morgan fingerprint density at radius 1 is 1.18 bits per heavy atom. The lowest BCUT2D eigenvalue weighted by Crippen LogP contribution is -2.30. The van der Waals surface area contributed by atoms with Crippen LogP contribution in [0.3, 0.4) is 0 Å². The fourth-order valence-corrected chi connectivity index (χ4v) is 2.63. The lowest BCUT2D eigenvalue weighted by atomic mass is 10.1. The largest absolute Gasteiger partial charge is 0.370 e. The van der Waals surface area contributed by atoms with Gasteiger partial charge in [0.2, 0.25) is 0 Å². The molecule has 0 radical (unpaired) electrons. The number of nitrogens with one attached hydrogen (secondary N) is 1. The Labute approximate surface area is 130 Å². The van der Waals surface area contributed by atoms with Gasteiger partial charge in [0.15, 0.2) is 0 Å². The van der Waals surface area contributed by atoms with Crippen LogP contribution in [0.1, 0.15) is 17.5 Å². The van der Waals surface area contributed by atoms with Gasteiger partial charge < -0.3 is 10.2 Å². The average molecular weight is 297 g/mol. The molecule has 0 fully saturated rings. The van der Waals surface area contributed by atoms with Crippen molar-refractivity contribution in [2.75, 3.05) is 25.0 Å². The van der Waals surface area contributed by atoms with E-state index in [-0.39, 0.29) is 5.82 Å². The molecule has 1 aliphatic rings. The van der Waals surface area contributed by atoms with E-state index < -0.39 is 0 Å². The number of hydrogen-bond acceptors (Lipinski definition) is 3. The maximum Gasteiger partial charge on any atom is 0.147 e. The zero-order valence-corrected chi connectivity index (χ0v) is 12.7. The third-order valence-corrected chi connectivity index (χ3v) is 3.79. The van der Waals surface area contributed by atoms with Crippen LogP contribution in [0.4, 0.5) is 10.1 Å². The van der Waals surface area contributed by atoms with Crippen LogP contribution in [0.2, 0.25) is 0 Å². The van der Waals surface area contributed by atoms with E-state index in [4.69, 9.17) is 0 Å². The zero-order chi connectivity index (χ0) is 15.4. The van der Waals surface area contributed by atoms with Gasteiger partial charge in [-0.25, -0.2) is 4.39 Å². The second-order valence-electron chi connectivity index (χ2n) is 5.52. The Hall–Kier alpha value is -2.36. The molecule has 0 amide bonds. The lowest BCUT2D eigenvalue weighted by molar-refractivity contribution is 0.621. The third kappa shape index (κ3) is 3.27. The van der Waals surface area contributed by atoms with E-state index in [1.54, 1.807) is 6.07 Å². The summed E-state index contributed by atoms with van der Waals surface area (Å²) in [6.07, 6.45) is 1.03. The molecule has 0 spiro atoms. The monoisotopic (exact) mass is 297 g/mol. The van der Waals surface area contributed by atoms with Crippen LogP contribution in [0.25, 0.3) is 0 Å². The van der Waals surface area contributed by atoms with Gasteiger partial charge in [-0.1, -0.05) is 30.3 Å². The van der Waals surface area contributed by atoms with Gasteiger partial charge in [-0.3, -0.25) is 4.99 Å². The van der Waals surface area contributed by atoms with Crippen molar-refractivity contribution in [2.24, 2.45) is 4.99 Å². The maximum atomic E-state index is 14.4. The Morgan fingerprint density at radius 3 is 2.68 bits per heavy atom. The molecule has 3 nitrogen and oxygen atoms in total. The van der Waals surface area contributed by atoms with Gasteiger partial charge in [0.1, 0.15) is 11.7 Å². The molecule has 2 aromatic rings. The summed E-state index contributed by atoms with van der Waals surface area (Å²) in [6, 6.07) is 15.4. The van der Waals surface area contributed by atoms with Crippen LogP contribution in [-0.2, 0) is 6.54 Å². The van der Waals surface area contributed by atoms with Crippen molar-refractivity contribution in [3.05, 3.63) is 65.5 Å². The highest BCUT2D eigenvalue weighted by Gasteiger charge is 2.12. The summed E-state index contributed by atoms with van der Waals surface area (Å²) in [4.78, 5) is 6.33. The first kappa shape index (κ1) is 14.6. The first-order valence-electron chi connectivity index (χ1n) is 7.57. The summed E-state index contributed by atoms with van der Waals surface area (Å²) in [7, 11) is 1.90. The van der Waals surface area contributed by atoms with Crippen molar-refractivity contribution in [1.82, 2.24) is 5.32 Å². The Kier molecular flexibility index (Phi) is 4.37. The standard InChI is InChI=1S/C18H20FN3/c1-22(13-14-6-3-2-4-7-14)17-9-8-15(12-16(17)19)18-20-10-5-11-21-18/h2-4,6-9,12H,5,10-11,13H2,1H3,(H,20,21). The van der Waals surface area contributed by atoms with Crippen molar-refractivity contribution in [3.63, 3.8) is 0 Å². The predicted octanol–water partition coefficient (Wildman–Crippen LogP) is 3.20. The molecule has 1 N–H and O–H groups in total. The number of halogens is 1. The van der Waals surface area contributed by atoms with Gasteiger partial charge in [-0.2, -0.15) is 0 Å². The molecule has 0 bridgehead atoms. The summed E-state index contributed by atoms with van der Waals surface area (Å²) in [5.74, 6) is 0.577. The second kappa shape index (κ2) is 6.60. The van der Waals surface area contributed by atoms with Gasteiger partial charge in [-0.05, 0) is 30.2 Å². The van der Waals surface area contributed by atoms with Crippen LogP contribution in [0, 0.1) is 5.82 Å². The van der Waals surface area contributed by atoms with Crippen molar-refractivity contribution in [2.45, 2.75) is 13.0 Å². The molecule has 114 valence electrons. The molecule has 0 aromatic heterocycles. The van der Waals surface area contributed by atoms with Crippen molar-refractivity contribution in [3.8, 4) is 0 Å². The Balaban J connectivity index is 1.78. The van der Waals surface area contributed by atoms with E-state index in [0.717, 1.165) is 36.5 Å². The molecule has 4 heteroatoms. The van der Waals surface area contributed by atoms with Gasteiger partial charge in [-0.15, -0.1) is 0 Å². The minimum absolute atomic E-state index is 0.217. The quantitative estimate of drug-likeness (QED) is 0.938. The maximum absolute atomic E-state index is 14.4. The lowest BCUT2D eigenvalue weighted by Gasteiger charge is -2.21. The minimum Gasteiger partial charge on any atom is -0.370 e. The molecule has 0 aliphatic carbocycles. The van der Waals surface area contributed by atoms with Gasteiger partial charge >= 0.3 is 0 Å². The van der Waals surface area contributed by atoms with E-state index >= 15 is 0 Å². The van der Waals surface area contributed by atoms with Crippen LogP contribution < -0.4 is 10.2 Å². The number of hydrogen-bond donors (Lipinski definition) is 1. The van der Waals surface area contributed by atoms with E-state index in [1.165, 1.54) is 0 Å². The first-order valence-corrected chi connectivity index (χ1v) is 7.57. The molecule has 3 rings (SSSR count). The van der Waals surface area contributed by atoms with Crippen LogP contribution in [0.15, 0.2) is 53.5 Å². The van der Waals surface area contributed by atoms with Crippen LogP contribution in [0.5, 0.6) is 0 Å². The van der Waals surface area contributed by atoms with Crippen molar-refractivity contribution < 1.29 is 4.39 Å². The SMILES string of the molecule is CN(Cc1ccccc1)c1ccc(C2=NCCCN2)cc1F. The fraction of sp³-hybridized carbons (Fsp3) is 0.278. The number of nitrogens with zero attached hydrogens (tertiary/aromatic N) is 2. The van der Waals surface area contributed by atoms with Crippen LogP contribution in [-0.4, -0.2) is 26.0 Å². The Morgan fingerprint density at radius 2 is 2.00 bits per heavy atom. The van der Waals surface area contributed by atoms with E-state index in [9.17, 15) is 4.39 Å². The van der Waals surface area contributed by atoms with E-state index in [1.807, 2.05) is 54.4 Å². The van der Waals surface area contributed by atoms with Gasteiger partial charge in [0.25, 0.3) is 0 Å². The molecule has 0 saturated heterocycles. The zero-order valence-electron chi connectivity index (χ0n) is 12.7. The minimum atomic E-state index is -0.217.